The molecule has 1 fully saturated rings. The minimum Gasteiger partial charge on any atom is -0.464 e. The molecule has 1 saturated heterocycles. The van der Waals surface area contributed by atoms with Crippen LogP contribution in [-0.2, 0) is 14.3 Å². The predicted molar refractivity (Wildman–Crippen MR) is 105 cm³/mol. The van der Waals surface area contributed by atoms with Crippen LogP contribution in [0.2, 0.25) is 5.02 Å². The number of aliphatic hydroxyl groups excluding tert-OH is 1. The first kappa shape index (κ1) is 20.0. The van der Waals surface area contributed by atoms with E-state index in [-0.39, 0.29) is 17.6 Å². The van der Waals surface area contributed by atoms with E-state index >= 15 is 0 Å². The van der Waals surface area contributed by atoms with Gasteiger partial charge in [0.2, 0.25) is 12.2 Å². The first-order valence-electron chi connectivity index (χ1n) is 8.73. The van der Waals surface area contributed by atoms with Crippen LogP contribution in [0.4, 0.5) is 5.69 Å². The Bertz CT molecular complexity index is 923. The van der Waals surface area contributed by atoms with Gasteiger partial charge in [0.25, 0.3) is 0 Å². The number of hydrogen-bond acceptors (Lipinski definition) is 5. The monoisotopic (exact) mass is 405 g/mol. The molecule has 3 N–H and O–H groups in total. The second-order valence-electron chi connectivity index (χ2n) is 6.82. The summed E-state index contributed by atoms with van der Waals surface area (Å²) in [4.78, 5) is 30.6. The number of halogens is 1. The maximum absolute atomic E-state index is 12.5. The molecule has 3 atom stereocenters. The van der Waals surface area contributed by atoms with E-state index in [1.54, 1.807) is 36.7 Å². The molecule has 28 heavy (non-hydrogen) atoms. The molecule has 1 aromatic rings. The fourth-order valence-corrected chi connectivity index (χ4v) is 3.86. The molecule has 2 aliphatic heterocycles. The smallest absolute Gasteiger partial charge is 0.355 e. The van der Waals surface area contributed by atoms with Gasteiger partial charge in [0, 0.05) is 5.02 Å². The number of fused-ring (bicyclic) bond motifs is 1. The third-order valence-electron chi connectivity index (χ3n) is 4.96. The maximum Gasteiger partial charge on any atom is 0.355 e. The van der Waals surface area contributed by atoms with Crippen LogP contribution in [0.3, 0.4) is 0 Å². The average Bonchev–Trinajstić information content (AvgIpc) is 2.99. The Balaban J connectivity index is 2.05. The minimum atomic E-state index is -0.797. The average molecular weight is 406 g/mol. The molecule has 9 heteroatoms. The Morgan fingerprint density at radius 3 is 2.82 bits per heavy atom. The number of carbonyl (C=O) groups is 2. The van der Waals surface area contributed by atoms with Gasteiger partial charge in [-0.3, -0.25) is 4.79 Å². The summed E-state index contributed by atoms with van der Waals surface area (Å²) in [6.45, 7) is 1.58. The van der Waals surface area contributed by atoms with Crippen molar-refractivity contribution in [1.29, 1.82) is 0 Å². The summed E-state index contributed by atoms with van der Waals surface area (Å²) in [6.07, 6.45) is 2.51. The number of benzene rings is 1. The number of aliphatic imine (C=N–C) groups is 1. The first-order chi connectivity index (χ1) is 13.3. The lowest BCUT2D eigenvalue weighted by molar-refractivity contribution is -0.355. The van der Waals surface area contributed by atoms with Crippen LogP contribution in [0.1, 0.15) is 18.9 Å². The van der Waals surface area contributed by atoms with Crippen LogP contribution in [0, 0.1) is 5.92 Å². The number of methoxy groups -OCH3 is 1. The van der Waals surface area contributed by atoms with Crippen molar-refractivity contribution in [2.75, 3.05) is 14.2 Å². The molecular formula is C19H22ClN4O4+. The second kappa shape index (κ2) is 7.73. The van der Waals surface area contributed by atoms with E-state index in [0.29, 0.717) is 28.3 Å². The highest BCUT2D eigenvalue weighted by Gasteiger charge is 2.57. The number of hydrogen-bond donors (Lipinski definition) is 2. The van der Waals surface area contributed by atoms with Gasteiger partial charge in [0.1, 0.15) is 11.4 Å². The van der Waals surface area contributed by atoms with E-state index in [0.717, 1.165) is 0 Å². The lowest BCUT2D eigenvalue weighted by Gasteiger charge is -2.44. The molecule has 0 bridgehead atoms. The van der Waals surface area contributed by atoms with Crippen molar-refractivity contribution < 1.29 is 24.0 Å². The van der Waals surface area contributed by atoms with Crippen molar-refractivity contribution in [3.8, 4) is 0 Å². The van der Waals surface area contributed by atoms with E-state index in [1.807, 2.05) is 0 Å². The van der Waals surface area contributed by atoms with Crippen molar-refractivity contribution in [3.05, 3.63) is 34.5 Å². The molecule has 0 saturated carbocycles. The summed E-state index contributed by atoms with van der Waals surface area (Å²) in [5.74, 6) is -1.42. The maximum atomic E-state index is 12.5. The van der Waals surface area contributed by atoms with Crippen molar-refractivity contribution in [1.82, 2.24) is 4.90 Å². The number of β-lactam (4-membered cyclic amide) rings is 1. The molecule has 0 spiro atoms. The van der Waals surface area contributed by atoms with Gasteiger partial charge in [-0.1, -0.05) is 11.6 Å². The topological polar surface area (TPSA) is 108 Å². The molecular weight excluding hydrogens is 384 g/mol. The molecule has 3 rings (SSSR count). The summed E-state index contributed by atoms with van der Waals surface area (Å²) >= 11 is 6.26. The van der Waals surface area contributed by atoms with Gasteiger partial charge in [0.15, 0.2) is 6.34 Å². The molecule has 1 aromatic carbocycles. The SMILES string of the molecule is COC(=O)C1=C(c2cc(Cl)cc(N=C[N+](C)=CN)c2)CC2C([C@@H](C)O)C(=O)N12. The van der Waals surface area contributed by atoms with Crippen LogP contribution >= 0.6 is 11.6 Å². The number of ether oxygens (including phenoxy) is 1. The van der Waals surface area contributed by atoms with Gasteiger partial charge in [0.05, 0.1) is 32.2 Å². The van der Waals surface area contributed by atoms with Gasteiger partial charge in [-0.15, -0.1) is 4.99 Å². The highest BCUT2D eigenvalue weighted by molar-refractivity contribution is 6.31. The van der Waals surface area contributed by atoms with Crippen LogP contribution < -0.4 is 5.73 Å². The number of nitrogens with two attached hydrogens (primary N) is 1. The largest absolute Gasteiger partial charge is 0.464 e. The first-order valence-corrected chi connectivity index (χ1v) is 9.11. The predicted octanol–water partition coefficient (Wildman–Crippen LogP) is 1.12. The number of aliphatic hydroxyl groups is 1. The standard InChI is InChI=1S/C19H21ClN4O4/c1-10(25)16-15-7-14(17(19(27)28-3)24(15)18(16)26)11-4-12(20)6-13(5-11)22-9-23(2)8-21/h4-6,8-10,15-16,21,25H,7H2,1-3H3/p+1/t10-,15?,16?/m1/s1. The number of rotatable bonds is 5. The third-order valence-corrected chi connectivity index (χ3v) is 5.18. The normalized spacial score (nSPS) is 23.1. The van der Waals surface area contributed by atoms with Crippen LogP contribution in [0.15, 0.2) is 28.9 Å². The Kier molecular flexibility index (Phi) is 5.53. The number of carbonyl (C=O) groups excluding carboxylic acids is 2. The lowest BCUT2D eigenvalue weighted by atomic mass is 9.82. The van der Waals surface area contributed by atoms with Crippen molar-refractivity contribution in [3.63, 3.8) is 0 Å². The molecule has 0 aromatic heterocycles. The summed E-state index contributed by atoms with van der Waals surface area (Å²) in [5, 5.41) is 10.4. The zero-order valence-corrected chi connectivity index (χ0v) is 16.6. The minimum absolute atomic E-state index is 0.194. The zero-order valence-electron chi connectivity index (χ0n) is 15.8. The van der Waals surface area contributed by atoms with E-state index in [9.17, 15) is 14.7 Å². The number of esters is 1. The quantitative estimate of drug-likeness (QED) is 0.251. The van der Waals surface area contributed by atoms with E-state index in [4.69, 9.17) is 22.1 Å². The summed E-state index contributed by atoms with van der Waals surface area (Å²) in [6, 6.07) is 4.89. The molecule has 0 aliphatic carbocycles. The van der Waals surface area contributed by atoms with Crippen LogP contribution in [0.25, 0.3) is 5.57 Å². The number of nitrogens with zero attached hydrogens (tertiary/aromatic N) is 3. The molecule has 2 aliphatic rings. The third kappa shape index (κ3) is 3.41. The molecule has 2 unspecified atom stereocenters. The molecule has 1 amide bonds. The summed E-state index contributed by atoms with van der Waals surface area (Å²) < 4.78 is 6.47. The summed E-state index contributed by atoms with van der Waals surface area (Å²) in [7, 11) is 3.00. The number of amides is 1. The molecule has 0 radical (unpaired) electrons. The van der Waals surface area contributed by atoms with E-state index in [1.165, 1.54) is 24.7 Å². The van der Waals surface area contributed by atoms with Gasteiger partial charge in [-0.2, -0.15) is 0 Å². The Hall–Kier alpha value is -2.71. The Labute approximate surface area is 167 Å². The fraction of sp³-hybridized carbons (Fsp3) is 0.368. The van der Waals surface area contributed by atoms with Gasteiger partial charge < -0.3 is 20.5 Å². The second-order valence-corrected chi connectivity index (χ2v) is 7.26. The van der Waals surface area contributed by atoms with Crippen molar-refractivity contribution in [2.45, 2.75) is 25.5 Å². The van der Waals surface area contributed by atoms with Crippen molar-refractivity contribution >= 4 is 47.4 Å². The van der Waals surface area contributed by atoms with Gasteiger partial charge in [-0.25, -0.2) is 9.37 Å². The molecule has 148 valence electrons. The fourth-order valence-electron chi connectivity index (χ4n) is 3.63. The van der Waals surface area contributed by atoms with Gasteiger partial charge >= 0.3 is 5.97 Å². The highest BCUT2D eigenvalue weighted by Crippen LogP contribution is 2.47. The van der Waals surface area contributed by atoms with Gasteiger partial charge in [-0.05, 0) is 42.7 Å². The molecule has 8 nitrogen and oxygen atoms in total. The lowest BCUT2D eigenvalue weighted by Crippen LogP contribution is -2.61. The van der Waals surface area contributed by atoms with E-state index < -0.39 is 18.0 Å². The Morgan fingerprint density at radius 2 is 2.21 bits per heavy atom. The summed E-state index contributed by atoms with van der Waals surface area (Å²) in [5.41, 5.74) is 7.50. The van der Waals surface area contributed by atoms with Crippen LogP contribution in [-0.4, -0.2) is 65.4 Å². The Morgan fingerprint density at radius 1 is 1.50 bits per heavy atom. The highest BCUT2D eigenvalue weighted by atomic mass is 35.5. The molecule has 2 heterocycles. The zero-order chi connectivity index (χ0) is 20.6. The van der Waals surface area contributed by atoms with Crippen LogP contribution in [0.5, 0.6) is 0 Å². The van der Waals surface area contributed by atoms with E-state index in [2.05, 4.69) is 4.99 Å². The van der Waals surface area contributed by atoms with Crippen molar-refractivity contribution in [2.24, 2.45) is 16.6 Å².